The van der Waals surface area contributed by atoms with Gasteiger partial charge >= 0.3 is 5.97 Å². The molecule has 120 valence electrons. The van der Waals surface area contributed by atoms with Crippen molar-refractivity contribution in [2.75, 3.05) is 20.3 Å². The maximum absolute atomic E-state index is 12.9. The fraction of sp³-hybridized carbons (Fsp3) is 0.529. The second-order valence-electron chi connectivity index (χ2n) is 5.64. The first-order chi connectivity index (χ1) is 10.5. The van der Waals surface area contributed by atoms with Gasteiger partial charge in [0.05, 0.1) is 12.7 Å². The van der Waals surface area contributed by atoms with Gasteiger partial charge in [0.25, 0.3) is 0 Å². The Balaban J connectivity index is 2.30. The number of benzene rings is 1. The molecule has 0 fully saturated rings. The number of ether oxygens (including phenoxy) is 3. The van der Waals surface area contributed by atoms with Crippen LogP contribution in [0.3, 0.4) is 0 Å². The van der Waals surface area contributed by atoms with Crippen LogP contribution in [0.15, 0.2) is 18.2 Å². The highest BCUT2D eigenvalue weighted by Crippen LogP contribution is 2.39. The number of hydrogen-bond donors (Lipinski definition) is 0. The molecule has 1 aromatic carbocycles. The molecule has 0 unspecified atom stereocenters. The summed E-state index contributed by atoms with van der Waals surface area (Å²) in [6.45, 7) is 3.69. The average Bonchev–Trinajstić information content (AvgIpc) is 2.53. The van der Waals surface area contributed by atoms with Crippen LogP contribution in [0.2, 0.25) is 0 Å². The van der Waals surface area contributed by atoms with Gasteiger partial charge in [-0.15, -0.1) is 0 Å². The van der Waals surface area contributed by atoms with Gasteiger partial charge in [0, 0.05) is 13.0 Å². The number of Topliss-reactive ketones (excluding diaryl/α,β-unsaturated/α-hetero) is 1. The first-order valence-electron chi connectivity index (χ1n) is 7.51. The Morgan fingerprint density at radius 2 is 2.18 bits per heavy atom. The maximum Gasteiger partial charge on any atom is 0.302 e. The number of hydrogen-bond acceptors (Lipinski definition) is 5. The zero-order valence-electron chi connectivity index (χ0n) is 13.3. The lowest BCUT2D eigenvalue weighted by Crippen LogP contribution is -2.45. The quantitative estimate of drug-likeness (QED) is 0.756. The maximum atomic E-state index is 12.9. The number of ketones is 1. The van der Waals surface area contributed by atoms with Gasteiger partial charge in [-0.05, 0) is 18.6 Å². The third-order valence-electron chi connectivity index (χ3n) is 3.98. The van der Waals surface area contributed by atoms with Crippen molar-refractivity contribution in [3.8, 4) is 11.5 Å². The van der Waals surface area contributed by atoms with Crippen molar-refractivity contribution >= 4 is 11.8 Å². The van der Waals surface area contributed by atoms with Crippen LogP contribution in [-0.2, 0) is 9.53 Å². The molecule has 5 nitrogen and oxygen atoms in total. The summed E-state index contributed by atoms with van der Waals surface area (Å²) in [6, 6.07) is 5.16. The Kier molecular flexibility index (Phi) is 5.06. The Morgan fingerprint density at radius 1 is 1.41 bits per heavy atom. The largest absolute Gasteiger partial charge is 0.497 e. The monoisotopic (exact) mass is 306 g/mol. The summed E-state index contributed by atoms with van der Waals surface area (Å²) >= 11 is 0. The Morgan fingerprint density at radius 3 is 2.82 bits per heavy atom. The number of rotatable bonds is 6. The zero-order chi connectivity index (χ0) is 16.2. The second kappa shape index (κ2) is 6.81. The lowest BCUT2D eigenvalue weighted by Gasteiger charge is -2.36. The van der Waals surface area contributed by atoms with Crippen molar-refractivity contribution in [3.05, 3.63) is 23.8 Å². The molecule has 0 aliphatic carbocycles. The van der Waals surface area contributed by atoms with E-state index in [2.05, 4.69) is 6.92 Å². The Bertz CT molecular complexity index is 566. The number of carbonyl (C=O) groups is 2. The minimum atomic E-state index is -0.788. The van der Waals surface area contributed by atoms with Crippen molar-refractivity contribution in [1.82, 2.24) is 0 Å². The summed E-state index contributed by atoms with van der Waals surface area (Å²) in [7, 11) is 1.57. The molecule has 22 heavy (non-hydrogen) atoms. The van der Waals surface area contributed by atoms with Crippen LogP contribution in [0.25, 0.3) is 0 Å². The molecule has 5 heteroatoms. The predicted octanol–water partition coefficient (Wildman–Crippen LogP) is 3.01. The van der Waals surface area contributed by atoms with E-state index < -0.39 is 5.41 Å². The molecule has 0 saturated heterocycles. The van der Waals surface area contributed by atoms with E-state index in [4.69, 9.17) is 14.2 Å². The summed E-state index contributed by atoms with van der Waals surface area (Å²) in [6.07, 6.45) is 2.48. The first kappa shape index (κ1) is 16.3. The number of esters is 1. The van der Waals surface area contributed by atoms with Gasteiger partial charge in [-0.2, -0.15) is 0 Å². The van der Waals surface area contributed by atoms with Gasteiger partial charge < -0.3 is 14.2 Å². The van der Waals surface area contributed by atoms with Crippen molar-refractivity contribution in [2.24, 2.45) is 5.41 Å². The normalized spacial score (nSPS) is 20.0. The first-order valence-corrected chi connectivity index (χ1v) is 7.51. The lowest BCUT2D eigenvalue weighted by atomic mass is 9.76. The van der Waals surface area contributed by atoms with E-state index in [1.807, 2.05) is 0 Å². The van der Waals surface area contributed by atoms with Crippen molar-refractivity contribution in [1.29, 1.82) is 0 Å². The summed E-state index contributed by atoms with van der Waals surface area (Å²) in [4.78, 5) is 24.1. The van der Waals surface area contributed by atoms with E-state index >= 15 is 0 Å². The highest BCUT2D eigenvalue weighted by atomic mass is 16.5. The molecule has 1 aromatic rings. The summed E-state index contributed by atoms with van der Waals surface area (Å²) < 4.78 is 16.1. The Hall–Kier alpha value is -2.04. The number of methoxy groups -OCH3 is 1. The van der Waals surface area contributed by atoms with Gasteiger partial charge in [-0.25, -0.2) is 0 Å². The van der Waals surface area contributed by atoms with Crippen LogP contribution in [0, 0.1) is 5.41 Å². The van der Waals surface area contributed by atoms with Crippen molar-refractivity contribution in [3.63, 3.8) is 0 Å². The third-order valence-corrected chi connectivity index (χ3v) is 3.98. The van der Waals surface area contributed by atoms with Crippen molar-refractivity contribution < 1.29 is 23.8 Å². The molecule has 1 aliphatic heterocycles. The smallest absolute Gasteiger partial charge is 0.302 e. The van der Waals surface area contributed by atoms with Crippen LogP contribution in [0.1, 0.15) is 43.5 Å². The lowest BCUT2D eigenvalue weighted by molar-refractivity contribution is -0.144. The molecule has 0 radical (unpaired) electrons. The standard InChI is InChI=1S/C17H22O5/c1-4-5-8-17(10-21-12(2)18)11-22-15-9-13(20-3)6-7-14(15)16(17)19/h6-7,9H,4-5,8,10-11H2,1-3H3/t17-/m0/s1. The minimum Gasteiger partial charge on any atom is -0.497 e. The van der Waals surface area contributed by atoms with Gasteiger partial charge in [-0.1, -0.05) is 19.8 Å². The van der Waals surface area contributed by atoms with Crippen LogP contribution >= 0.6 is 0 Å². The van der Waals surface area contributed by atoms with Crippen LogP contribution in [0.4, 0.5) is 0 Å². The number of carbonyl (C=O) groups excluding carboxylic acids is 2. The van der Waals surface area contributed by atoms with E-state index in [1.165, 1.54) is 6.92 Å². The fourth-order valence-electron chi connectivity index (χ4n) is 2.62. The molecule has 0 spiro atoms. The fourth-order valence-corrected chi connectivity index (χ4v) is 2.62. The minimum absolute atomic E-state index is 0.0221. The molecule has 2 rings (SSSR count). The molecular weight excluding hydrogens is 284 g/mol. The molecule has 0 saturated carbocycles. The zero-order valence-corrected chi connectivity index (χ0v) is 13.3. The summed E-state index contributed by atoms with van der Waals surface area (Å²) in [5, 5.41) is 0. The predicted molar refractivity (Wildman–Crippen MR) is 81.4 cm³/mol. The molecule has 0 amide bonds. The van der Waals surface area contributed by atoms with Crippen LogP contribution in [-0.4, -0.2) is 32.1 Å². The van der Waals surface area contributed by atoms with Crippen LogP contribution in [0.5, 0.6) is 11.5 Å². The Labute approximate surface area is 130 Å². The van der Waals surface area contributed by atoms with Crippen molar-refractivity contribution in [2.45, 2.75) is 33.1 Å². The molecule has 1 atom stereocenters. The van der Waals surface area contributed by atoms with Gasteiger partial charge in [0.2, 0.25) is 0 Å². The van der Waals surface area contributed by atoms with E-state index in [0.29, 0.717) is 23.5 Å². The SMILES string of the molecule is CCCC[C@]1(COC(C)=O)COc2cc(OC)ccc2C1=O. The third kappa shape index (κ3) is 3.24. The van der Waals surface area contributed by atoms with Gasteiger partial charge in [0.1, 0.15) is 30.1 Å². The van der Waals surface area contributed by atoms with E-state index in [0.717, 1.165) is 12.8 Å². The molecule has 0 N–H and O–H groups in total. The molecule has 0 bridgehead atoms. The van der Waals surface area contributed by atoms with E-state index in [9.17, 15) is 9.59 Å². The van der Waals surface area contributed by atoms with Gasteiger partial charge in [-0.3, -0.25) is 9.59 Å². The average molecular weight is 306 g/mol. The summed E-state index contributed by atoms with van der Waals surface area (Å²) in [5.41, 5.74) is -0.265. The topological polar surface area (TPSA) is 61.8 Å². The molecule has 1 heterocycles. The van der Waals surface area contributed by atoms with E-state index in [1.54, 1.807) is 25.3 Å². The van der Waals surface area contributed by atoms with Crippen LogP contribution < -0.4 is 9.47 Å². The number of fused-ring (bicyclic) bond motifs is 1. The highest BCUT2D eigenvalue weighted by Gasteiger charge is 2.44. The highest BCUT2D eigenvalue weighted by molar-refractivity contribution is 6.04. The van der Waals surface area contributed by atoms with Gasteiger partial charge in [0.15, 0.2) is 5.78 Å². The molecule has 1 aliphatic rings. The molecular formula is C17H22O5. The number of unbranched alkanes of at least 4 members (excludes halogenated alkanes) is 1. The summed E-state index contributed by atoms with van der Waals surface area (Å²) in [5.74, 6) is 0.766. The van der Waals surface area contributed by atoms with E-state index in [-0.39, 0.29) is 25.0 Å². The second-order valence-corrected chi connectivity index (χ2v) is 5.64. The molecule has 0 aromatic heterocycles.